The first-order chi connectivity index (χ1) is 13.1. The molecule has 0 aliphatic carbocycles. The minimum absolute atomic E-state index is 0.209. The Balaban J connectivity index is 1.84. The second-order valence-corrected chi connectivity index (χ2v) is 7.08. The van der Waals surface area contributed by atoms with Crippen molar-refractivity contribution >= 4 is 27.3 Å². The maximum Gasteiger partial charge on any atom is 0.128 e. The number of phenols is 1. The summed E-state index contributed by atoms with van der Waals surface area (Å²) in [6.07, 6.45) is 4.57. The summed E-state index contributed by atoms with van der Waals surface area (Å²) in [6.45, 7) is 6.87. The van der Waals surface area contributed by atoms with E-state index in [0.29, 0.717) is 11.1 Å². The van der Waals surface area contributed by atoms with Gasteiger partial charge >= 0.3 is 0 Å². The van der Waals surface area contributed by atoms with Gasteiger partial charge in [0.1, 0.15) is 11.6 Å². The zero-order chi connectivity index (χ0) is 19.2. The number of benzene rings is 2. The van der Waals surface area contributed by atoms with Crippen LogP contribution >= 0.6 is 15.9 Å². The zero-order valence-electron chi connectivity index (χ0n) is 15.2. The highest BCUT2D eigenvalue weighted by atomic mass is 79.9. The molecule has 0 saturated carbocycles. The second-order valence-electron chi connectivity index (χ2n) is 6.22. The van der Waals surface area contributed by atoms with Crippen molar-refractivity contribution in [2.45, 2.75) is 13.3 Å². The van der Waals surface area contributed by atoms with E-state index in [1.165, 1.54) is 5.56 Å². The highest BCUT2D eigenvalue weighted by Crippen LogP contribution is 2.26. The van der Waals surface area contributed by atoms with E-state index in [1.54, 1.807) is 18.3 Å². The third-order valence-electron chi connectivity index (χ3n) is 4.30. The average Bonchev–Trinajstić information content (AvgIpc) is 3.01. The summed E-state index contributed by atoms with van der Waals surface area (Å²) >= 11 is 3.51. The molecule has 0 atom stereocenters. The van der Waals surface area contributed by atoms with Gasteiger partial charge in [-0.25, -0.2) is 4.68 Å². The molecular formula is C22H22BrN3O. The van der Waals surface area contributed by atoms with Crippen LogP contribution in [0.15, 0.2) is 77.9 Å². The molecule has 0 saturated heterocycles. The molecule has 1 heterocycles. The fraction of sp³-hybridized carbons (Fsp3) is 0.136. The van der Waals surface area contributed by atoms with Crippen molar-refractivity contribution in [1.29, 1.82) is 0 Å². The molecule has 27 heavy (non-hydrogen) atoms. The number of nitrogens with zero attached hydrogens (tertiary/aromatic N) is 2. The van der Waals surface area contributed by atoms with Gasteiger partial charge in [-0.05, 0) is 52.6 Å². The number of halogens is 1. The third kappa shape index (κ3) is 4.68. The molecule has 2 N–H and O–H groups in total. The van der Waals surface area contributed by atoms with Gasteiger partial charge in [-0.2, -0.15) is 5.10 Å². The highest BCUT2D eigenvalue weighted by molar-refractivity contribution is 9.10. The molecule has 0 aliphatic heterocycles. The van der Waals surface area contributed by atoms with Gasteiger partial charge in [0, 0.05) is 12.1 Å². The summed E-state index contributed by atoms with van der Waals surface area (Å²) in [5.41, 5.74) is 3.66. The number of rotatable bonds is 7. The summed E-state index contributed by atoms with van der Waals surface area (Å²) in [5.74, 6) is 1.02. The Hall–Kier alpha value is -2.79. The van der Waals surface area contributed by atoms with Crippen LogP contribution in [0.2, 0.25) is 0 Å². The van der Waals surface area contributed by atoms with Gasteiger partial charge < -0.3 is 10.4 Å². The quantitative estimate of drug-likeness (QED) is 0.525. The Morgan fingerprint density at radius 2 is 1.89 bits per heavy atom. The van der Waals surface area contributed by atoms with Gasteiger partial charge in [-0.15, -0.1) is 0 Å². The van der Waals surface area contributed by atoms with Crippen molar-refractivity contribution in [1.82, 2.24) is 15.1 Å². The van der Waals surface area contributed by atoms with E-state index in [1.807, 2.05) is 48.0 Å². The van der Waals surface area contributed by atoms with Crippen molar-refractivity contribution in [3.8, 4) is 5.75 Å². The van der Waals surface area contributed by atoms with E-state index in [2.05, 4.69) is 45.1 Å². The van der Waals surface area contributed by atoms with Crippen molar-refractivity contribution in [3.63, 3.8) is 0 Å². The highest BCUT2D eigenvalue weighted by Gasteiger charge is 2.10. The van der Waals surface area contributed by atoms with Crippen LogP contribution in [0.25, 0.3) is 11.4 Å². The van der Waals surface area contributed by atoms with Gasteiger partial charge in [-0.1, -0.05) is 55.1 Å². The Morgan fingerprint density at radius 3 is 2.56 bits per heavy atom. The molecule has 0 amide bonds. The molecule has 1 aromatic heterocycles. The molecule has 0 spiro atoms. The van der Waals surface area contributed by atoms with E-state index in [4.69, 9.17) is 0 Å². The van der Waals surface area contributed by atoms with E-state index in [0.717, 1.165) is 29.0 Å². The van der Waals surface area contributed by atoms with E-state index in [-0.39, 0.29) is 5.75 Å². The molecule has 2 aromatic carbocycles. The Morgan fingerprint density at radius 1 is 1.19 bits per heavy atom. The summed E-state index contributed by atoms with van der Waals surface area (Å²) in [5, 5.41) is 18.0. The molecule has 3 aromatic rings. The van der Waals surface area contributed by atoms with Crippen LogP contribution in [0.4, 0.5) is 0 Å². The largest absolute Gasteiger partial charge is 0.507 e. The van der Waals surface area contributed by atoms with E-state index in [9.17, 15) is 5.11 Å². The predicted molar refractivity (Wildman–Crippen MR) is 114 cm³/mol. The van der Waals surface area contributed by atoms with Crippen molar-refractivity contribution in [2.24, 2.45) is 0 Å². The van der Waals surface area contributed by atoms with E-state index >= 15 is 0 Å². The lowest BCUT2D eigenvalue weighted by Crippen LogP contribution is -2.21. The van der Waals surface area contributed by atoms with Gasteiger partial charge in [0.05, 0.1) is 16.4 Å². The maximum absolute atomic E-state index is 10.1. The van der Waals surface area contributed by atoms with Crippen LogP contribution < -0.4 is 5.32 Å². The van der Waals surface area contributed by atoms with Gasteiger partial charge in [-0.3, -0.25) is 0 Å². The molecule has 0 unspecified atom stereocenters. The zero-order valence-corrected chi connectivity index (χ0v) is 16.8. The number of aromatic hydroxyl groups is 1. The van der Waals surface area contributed by atoms with Crippen LogP contribution in [0.3, 0.4) is 0 Å². The number of nitrogens with one attached hydrogen (secondary N) is 1. The maximum atomic E-state index is 10.1. The normalized spacial score (nSPS) is 11.4. The number of hydrogen-bond acceptors (Lipinski definition) is 3. The van der Waals surface area contributed by atoms with Crippen LogP contribution in [0, 0.1) is 6.92 Å². The number of hydrogen-bond donors (Lipinski definition) is 2. The van der Waals surface area contributed by atoms with Crippen LogP contribution in [0.5, 0.6) is 5.75 Å². The topological polar surface area (TPSA) is 50.1 Å². The van der Waals surface area contributed by atoms with Gasteiger partial charge in [0.25, 0.3) is 0 Å². The monoisotopic (exact) mass is 423 g/mol. The Labute approximate surface area is 168 Å². The lowest BCUT2D eigenvalue weighted by Gasteiger charge is -2.14. The smallest absolute Gasteiger partial charge is 0.128 e. The average molecular weight is 424 g/mol. The van der Waals surface area contributed by atoms with Gasteiger partial charge in [0.2, 0.25) is 0 Å². The number of allylic oxidation sites excluding steroid dienone is 2. The fourth-order valence-corrected chi connectivity index (χ4v) is 3.05. The molecule has 138 valence electrons. The molecule has 3 rings (SSSR count). The molecule has 0 fully saturated rings. The lowest BCUT2D eigenvalue weighted by molar-refractivity contribution is 0.474. The first-order valence-corrected chi connectivity index (χ1v) is 9.53. The Bertz CT molecular complexity index is 961. The SMILES string of the molecule is C=C(/C=C(/NCCc1ccccc1)n1ncc(Br)c1C)c1ccccc1O. The molecule has 0 bridgehead atoms. The summed E-state index contributed by atoms with van der Waals surface area (Å²) in [4.78, 5) is 0. The standard InChI is InChI=1S/C22H22BrN3O/c1-16(19-10-6-7-11-21(19)27)14-22(26-17(2)20(23)15-25-26)24-13-12-18-8-4-3-5-9-18/h3-11,14-15,24,27H,1,12-13H2,2H3/b22-14-. The fourth-order valence-electron chi connectivity index (χ4n) is 2.79. The molecule has 0 radical (unpaired) electrons. The van der Waals surface area contributed by atoms with Crippen LogP contribution in [0.1, 0.15) is 16.8 Å². The minimum atomic E-state index is 0.209. The number of para-hydroxylation sites is 1. The van der Waals surface area contributed by atoms with Crippen molar-refractivity contribution < 1.29 is 5.11 Å². The van der Waals surface area contributed by atoms with Crippen LogP contribution in [-0.2, 0) is 6.42 Å². The first-order valence-electron chi connectivity index (χ1n) is 8.73. The van der Waals surface area contributed by atoms with Crippen LogP contribution in [-0.4, -0.2) is 21.4 Å². The second kappa shape index (κ2) is 8.73. The first kappa shape index (κ1) is 19.0. The van der Waals surface area contributed by atoms with Crippen molar-refractivity contribution in [2.75, 3.05) is 6.54 Å². The number of phenolic OH excluding ortho intramolecular Hbond substituents is 1. The van der Waals surface area contributed by atoms with Gasteiger partial charge in [0.15, 0.2) is 0 Å². The summed E-state index contributed by atoms with van der Waals surface area (Å²) < 4.78 is 2.77. The summed E-state index contributed by atoms with van der Waals surface area (Å²) in [6, 6.07) is 17.5. The third-order valence-corrected chi connectivity index (χ3v) is 5.08. The lowest BCUT2D eigenvalue weighted by atomic mass is 10.1. The van der Waals surface area contributed by atoms with E-state index < -0.39 is 0 Å². The van der Waals surface area contributed by atoms with Crippen molar-refractivity contribution in [3.05, 3.63) is 94.7 Å². The summed E-state index contributed by atoms with van der Waals surface area (Å²) in [7, 11) is 0. The number of aromatic nitrogens is 2. The molecule has 5 heteroatoms. The minimum Gasteiger partial charge on any atom is -0.507 e. The molecule has 0 aliphatic rings. The molecule has 4 nitrogen and oxygen atoms in total. The molecular weight excluding hydrogens is 402 g/mol. The Kier molecular flexibility index (Phi) is 6.14. The predicted octanol–water partition coefficient (Wildman–Crippen LogP) is 5.00.